The summed E-state index contributed by atoms with van der Waals surface area (Å²) in [7, 11) is 0. The predicted molar refractivity (Wildman–Crippen MR) is 101 cm³/mol. The summed E-state index contributed by atoms with van der Waals surface area (Å²) >= 11 is 0. The number of rotatable bonds is 5. The van der Waals surface area contributed by atoms with Gasteiger partial charge in [-0.05, 0) is 42.3 Å². The van der Waals surface area contributed by atoms with Gasteiger partial charge in [-0.25, -0.2) is 4.79 Å². The summed E-state index contributed by atoms with van der Waals surface area (Å²) in [6.45, 7) is 1.06. The Morgan fingerprint density at radius 1 is 1.11 bits per heavy atom. The molecule has 4 rings (SSSR count). The number of aromatic nitrogens is 2. The van der Waals surface area contributed by atoms with E-state index in [-0.39, 0.29) is 11.6 Å². The third-order valence-electron chi connectivity index (χ3n) is 4.35. The number of aryl methyl sites for hydroxylation is 1. The van der Waals surface area contributed by atoms with Gasteiger partial charge in [-0.15, -0.1) is 0 Å². The van der Waals surface area contributed by atoms with Crippen LogP contribution in [0, 0.1) is 0 Å². The summed E-state index contributed by atoms with van der Waals surface area (Å²) < 4.78 is 12.7. The number of nitrogens with zero attached hydrogens (tertiary/aromatic N) is 1. The highest BCUT2D eigenvalue weighted by molar-refractivity contribution is 5.91. The van der Waals surface area contributed by atoms with Crippen molar-refractivity contribution < 1.29 is 14.3 Å². The Bertz CT molecular complexity index is 1000. The van der Waals surface area contributed by atoms with Crippen molar-refractivity contribution in [2.24, 2.45) is 0 Å². The second kappa shape index (κ2) is 7.41. The number of imidazole rings is 1. The number of nitrogens with one attached hydrogen (secondary N) is 2. The van der Waals surface area contributed by atoms with Crippen LogP contribution in [0.5, 0.6) is 11.5 Å². The fourth-order valence-corrected chi connectivity index (χ4v) is 3.03. The molecule has 1 amide bonds. The van der Waals surface area contributed by atoms with Gasteiger partial charge in [-0.3, -0.25) is 9.36 Å². The van der Waals surface area contributed by atoms with Crippen molar-refractivity contribution in [1.82, 2.24) is 9.55 Å². The van der Waals surface area contributed by atoms with Crippen molar-refractivity contribution in [2.45, 2.75) is 12.8 Å². The minimum Gasteiger partial charge on any atom is -0.486 e. The number of hydrogen-bond acceptors (Lipinski definition) is 4. The summed E-state index contributed by atoms with van der Waals surface area (Å²) in [5.74, 6) is 1.38. The van der Waals surface area contributed by atoms with Gasteiger partial charge in [0.25, 0.3) is 0 Å². The fraction of sp³-hybridized carbons (Fsp3) is 0.200. The van der Waals surface area contributed by atoms with E-state index in [1.165, 1.54) is 4.57 Å². The number of anilines is 1. The molecule has 7 nitrogen and oxygen atoms in total. The van der Waals surface area contributed by atoms with Crippen LogP contribution in [0.2, 0.25) is 0 Å². The van der Waals surface area contributed by atoms with E-state index in [1.807, 2.05) is 18.2 Å². The van der Waals surface area contributed by atoms with Gasteiger partial charge >= 0.3 is 5.69 Å². The first-order valence-electron chi connectivity index (χ1n) is 8.74. The number of amides is 1. The molecule has 0 saturated carbocycles. The normalized spacial score (nSPS) is 12.6. The number of carbonyl (C=O) groups is 1. The van der Waals surface area contributed by atoms with Crippen molar-refractivity contribution in [2.75, 3.05) is 18.5 Å². The van der Waals surface area contributed by atoms with Crippen molar-refractivity contribution in [1.29, 1.82) is 0 Å². The van der Waals surface area contributed by atoms with Gasteiger partial charge in [0.15, 0.2) is 11.5 Å². The number of para-hydroxylation sites is 1. The van der Waals surface area contributed by atoms with Crippen molar-refractivity contribution in [3.8, 4) is 17.2 Å². The molecule has 0 aliphatic carbocycles. The molecular formula is C20H19N3O4. The van der Waals surface area contributed by atoms with Gasteiger partial charge in [-0.2, -0.15) is 0 Å². The van der Waals surface area contributed by atoms with E-state index in [9.17, 15) is 9.59 Å². The van der Waals surface area contributed by atoms with Gasteiger partial charge in [0.1, 0.15) is 13.2 Å². The lowest BCUT2D eigenvalue weighted by Crippen LogP contribution is -2.17. The second-order valence-corrected chi connectivity index (χ2v) is 6.17. The minimum absolute atomic E-state index is 0.0871. The summed E-state index contributed by atoms with van der Waals surface area (Å²) in [5, 5.41) is 2.87. The standard InChI is InChI=1S/C20H19N3O4/c24-18(9-4-14-2-1-3-17-19(14)27-13-12-26-17)22-15-5-7-16(8-6-15)23-11-10-21-20(23)25/h1-3,5-8,10-11H,4,9,12-13H2,(H,21,25)(H,22,24). The number of H-pyrrole nitrogens is 1. The summed E-state index contributed by atoms with van der Waals surface area (Å²) in [5.41, 5.74) is 2.17. The molecule has 0 bridgehead atoms. The molecule has 3 aromatic rings. The smallest absolute Gasteiger partial charge is 0.330 e. The first-order chi connectivity index (χ1) is 13.2. The molecule has 0 atom stereocenters. The first-order valence-corrected chi connectivity index (χ1v) is 8.74. The maximum atomic E-state index is 12.3. The van der Waals surface area contributed by atoms with Gasteiger partial charge in [-0.1, -0.05) is 12.1 Å². The zero-order valence-electron chi connectivity index (χ0n) is 14.6. The number of carbonyl (C=O) groups excluding carboxylic acids is 1. The first kappa shape index (κ1) is 17.0. The number of benzene rings is 2. The van der Waals surface area contributed by atoms with Crippen molar-refractivity contribution in [3.63, 3.8) is 0 Å². The Labute approximate surface area is 155 Å². The molecule has 2 N–H and O–H groups in total. The van der Waals surface area contributed by atoms with Gasteiger partial charge in [0, 0.05) is 24.5 Å². The quantitative estimate of drug-likeness (QED) is 0.728. The number of fused-ring (bicyclic) bond motifs is 1. The van der Waals surface area contributed by atoms with E-state index in [0.29, 0.717) is 31.7 Å². The highest BCUT2D eigenvalue weighted by Gasteiger charge is 2.16. The number of aromatic amines is 1. The molecule has 1 aromatic heterocycles. The predicted octanol–water partition coefficient (Wildman–Crippen LogP) is 2.51. The summed E-state index contributed by atoms with van der Waals surface area (Å²) in [6.07, 6.45) is 4.13. The molecule has 2 heterocycles. The molecule has 1 aliphatic rings. The monoisotopic (exact) mass is 365 g/mol. The second-order valence-electron chi connectivity index (χ2n) is 6.17. The molecule has 1 aliphatic heterocycles. The summed E-state index contributed by atoms with van der Waals surface area (Å²) in [6, 6.07) is 12.8. The van der Waals surface area contributed by atoms with Crippen LogP contribution in [0.4, 0.5) is 5.69 Å². The Kier molecular flexibility index (Phi) is 4.65. The lowest BCUT2D eigenvalue weighted by molar-refractivity contribution is -0.116. The fourth-order valence-electron chi connectivity index (χ4n) is 3.03. The van der Waals surface area contributed by atoms with E-state index in [1.54, 1.807) is 36.7 Å². The Morgan fingerprint density at radius 2 is 1.93 bits per heavy atom. The SMILES string of the molecule is O=C(CCc1cccc2c1OCCO2)Nc1ccc(-n2cc[nH]c2=O)cc1. The average molecular weight is 365 g/mol. The number of ether oxygens (including phenoxy) is 2. The maximum absolute atomic E-state index is 12.3. The minimum atomic E-state index is -0.204. The van der Waals surface area contributed by atoms with E-state index >= 15 is 0 Å². The van der Waals surface area contributed by atoms with Crippen molar-refractivity contribution >= 4 is 11.6 Å². The van der Waals surface area contributed by atoms with Gasteiger partial charge in [0.2, 0.25) is 5.91 Å². The molecule has 0 unspecified atom stereocenters. The molecule has 2 aromatic carbocycles. The average Bonchev–Trinajstić information content (AvgIpc) is 3.13. The van der Waals surface area contributed by atoms with Crippen LogP contribution in [-0.4, -0.2) is 28.7 Å². The molecule has 27 heavy (non-hydrogen) atoms. The lowest BCUT2D eigenvalue weighted by Gasteiger charge is -2.20. The van der Waals surface area contributed by atoms with Crippen LogP contribution in [0.1, 0.15) is 12.0 Å². The number of hydrogen-bond donors (Lipinski definition) is 2. The Balaban J connectivity index is 1.37. The molecule has 0 saturated heterocycles. The van der Waals surface area contributed by atoms with Crippen LogP contribution in [0.25, 0.3) is 5.69 Å². The molecule has 0 radical (unpaired) electrons. The molecule has 7 heteroatoms. The van der Waals surface area contributed by atoms with Crippen LogP contribution in [0.3, 0.4) is 0 Å². The summed E-state index contributed by atoms with van der Waals surface area (Å²) in [4.78, 5) is 26.5. The zero-order chi connectivity index (χ0) is 18.6. The largest absolute Gasteiger partial charge is 0.486 e. The van der Waals surface area contributed by atoms with Crippen LogP contribution >= 0.6 is 0 Å². The maximum Gasteiger partial charge on any atom is 0.330 e. The van der Waals surface area contributed by atoms with Gasteiger partial charge in [0.05, 0.1) is 5.69 Å². The Morgan fingerprint density at radius 3 is 2.70 bits per heavy atom. The van der Waals surface area contributed by atoms with E-state index in [2.05, 4.69) is 10.3 Å². The third-order valence-corrected chi connectivity index (χ3v) is 4.35. The Hall–Kier alpha value is -3.48. The highest BCUT2D eigenvalue weighted by atomic mass is 16.6. The third kappa shape index (κ3) is 3.72. The van der Waals surface area contributed by atoms with E-state index in [4.69, 9.17) is 9.47 Å². The van der Waals surface area contributed by atoms with E-state index in [0.717, 1.165) is 22.7 Å². The zero-order valence-corrected chi connectivity index (χ0v) is 14.6. The highest BCUT2D eigenvalue weighted by Crippen LogP contribution is 2.34. The van der Waals surface area contributed by atoms with E-state index < -0.39 is 0 Å². The van der Waals surface area contributed by atoms with Crippen molar-refractivity contribution in [3.05, 3.63) is 70.9 Å². The topological polar surface area (TPSA) is 85.3 Å². The molecule has 138 valence electrons. The van der Waals surface area contributed by atoms with Gasteiger partial charge < -0.3 is 19.8 Å². The van der Waals surface area contributed by atoms with Crippen LogP contribution in [0.15, 0.2) is 59.7 Å². The molecule has 0 fully saturated rings. The van der Waals surface area contributed by atoms with Crippen LogP contribution < -0.4 is 20.5 Å². The molecule has 0 spiro atoms. The molecular weight excluding hydrogens is 346 g/mol. The lowest BCUT2D eigenvalue weighted by atomic mass is 10.1. The van der Waals surface area contributed by atoms with Crippen LogP contribution in [-0.2, 0) is 11.2 Å².